The van der Waals surface area contributed by atoms with Crippen molar-refractivity contribution in [2.75, 3.05) is 11.4 Å². The lowest BCUT2D eigenvalue weighted by Gasteiger charge is -2.31. The topological polar surface area (TPSA) is 92.5 Å². The van der Waals surface area contributed by atoms with E-state index in [9.17, 15) is 19.7 Å². The average Bonchev–Trinajstić information content (AvgIpc) is 2.67. The van der Waals surface area contributed by atoms with Crippen molar-refractivity contribution in [1.29, 1.82) is 0 Å². The van der Waals surface area contributed by atoms with E-state index in [2.05, 4.69) is 5.32 Å². The molecule has 1 N–H and O–H groups in total. The molecule has 2 aromatic rings. The van der Waals surface area contributed by atoms with Gasteiger partial charge in [0.2, 0.25) is 5.91 Å². The van der Waals surface area contributed by atoms with E-state index in [1.807, 2.05) is 24.3 Å². The zero-order valence-corrected chi connectivity index (χ0v) is 14.3. The summed E-state index contributed by atoms with van der Waals surface area (Å²) in [5.41, 5.74) is 1.98. The summed E-state index contributed by atoms with van der Waals surface area (Å²) in [6.45, 7) is 2.22. The van der Waals surface area contributed by atoms with E-state index in [1.165, 1.54) is 24.3 Å². The molecule has 0 aliphatic carbocycles. The number of carbonyl (C=O) groups is 2. The third-order valence-corrected chi connectivity index (χ3v) is 4.41. The van der Waals surface area contributed by atoms with Crippen LogP contribution in [0.1, 0.15) is 29.3 Å². The normalized spacial score (nSPS) is 14.3. The largest absolute Gasteiger partial charge is 0.341 e. The molecule has 7 heteroatoms. The number of rotatable bonds is 4. The maximum absolute atomic E-state index is 12.8. The molecule has 3 rings (SSSR count). The van der Waals surface area contributed by atoms with Crippen molar-refractivity contribution in [3.63, 3.8) is 0 Å². The number of non-ortho nitro benzene ring substituents is 1. The van der Waals surface area contributed by atoms with Gasteiger partial charge in [0.1, 0.15) is 6.04 Å². The fourth-order valence-corrected chi connectivity index (χ4v) is 3.10. The van der Waals surface area contributed by atoms with E-state index < -0.39 is 16.9 Å². The van der Waals surface area contributed by atoms with Crippen LogP contribution < -0.4 is 10.2 Å². The molecule has 0 saturated carbocycles. The van der Waals surface area contributed by atoms with Crippen molar-refractivity contribution < 1.29 is 14.5 Å². The second-order valence-corrected chi connectivity index (χ2v) is 6.22. The van der Waals surface area contributed by atoms with E-state index in [0.29, 0.717) is 6.54 Å². The molecular weight excluding hydrogens is 334 g/mol. The first-order valence-corrected chi connectivity index (χ1v) is 8.42. The average molecular weight is 353 g/mol. The predicted molar refractivity (Wildman–Crippen MR) is 97.1 cm³/mol. The monoisotopic (exact) mass is 353 g/mol. The molecule has 1 atom stereocenters. The van der Waals surface area contributed by atoms with Crippen molar-refractivity contribution >= 4 is 23.2 Å². The van der Waals surface area contributed by atoms with Crippen molar-refractivity contribution in [2.45, 2.75) is 25.8 Å². The zero-order valence-electron chi connectivity index (χ0n) is 14.3. The first-order valence-electron chi connectivity index (χ1n) is 8.42. The van der Waals surface area contributed by atoms with Gasteiger partial charge in [-0.05, 0) is 37.5 Å². The third-order valence-electron chi connectivity index (χ3n) is 4.41. The maximum atomic E-state index is 12.8. The zero-order chi connectivity index (χ0) is 18.7. The Kier molecular flexibility index (Phi) is 4.97. The van der Waals surface area contributed by atoms with Crippen molar-refractivity contribution in [3.8, 4) is 0 Å². The molecule has 0 radical (unpaired) electrons. The molecule has 0 bridgehead atoms. The molecule has 0 fully saturated rings. The van der Waals surface area contributed by atoms with Crippen LogP contribution >= 0.6 is 0 Å². The van der Waals surface area contributed by atoms with Crippen LogP contribution in [0.4, 0.5) is 11.4 Å². The van der Waals surface area contributed by atoms with Gasteiger partial charge in [0.25, 0.3) is 11.6 Å². The number of nitrogens with one attached hydrogen (secondary N) is 1. The van der Waals surface area contributed by atoms with Gasteiger partial charge in [-0.3, -0.25) is 19.7 Å². The van der Waals surface area contributed by atoms with Gasteiger partial charge < -0.3 is 10.2 Å². The summed E-state index contributed by atoms with van der Waals surface area (Å²) in [4.78, 5) is 37.1. The summed E-state index contributed by atoms with van der Waals surface area (Å²) in [6.07, 6.45) is 1.79. The summed E-state index contributed by atoms with van der Waals surface area (Å²) >= 11 is 0. The van der Waals surface area contributed by atoms with Crippen LogP contribution in [0.3, 0.4) is 0 Å². The van der Waals surface area contributed by atoms with E-state index in [0.717, 1.165) is 24.1 Å². The number of carbonyl (C=O) groups excluding carboxylic acids is 2. The van der Waals surface area contributed by atoms with Crippen molar-refractivity contribution in [3.05, 3.63) is 69.8 Å². The Morgan fingerprint density at radius 1 is 1.19 bits per heavy atom. The standard InChI is InChI=1S/C19H19N3O4/c1-13(20-18(23)15-7-4-9-16(12-15)22(25)26)19(24)21-11-5-8-14-6-2-3-10-17(14)21/h2-4,6-7,9-10,12-13H,5,8,11H2,1H3,(H,20,23). The lowest BCUT2D eigenvalue weighted by Crippen LogP contribution is -2.48. The molecule has 7 nitrogen and oxygen atoms in total. The third kappa shape index (κ3) is 3.56. The summed E-state index contributed by atoms with van der Waals surface area (Å²) in [5.74, 6) is -0.712. The number of amides is 2. The summed E-state index contributed by atoms with van der Waals surface area (Å²) in [6, 6.07) is 12.4. The highest BCUT2D eigenvalue weighted by Crippen LogP contribution is 2.27. The van der Waals surface area contributed by atoms with Crippen LogP contribution in [-0.4, -0.2) is 29.3 Å². The summed E-state index contributed by atoms with van der Waals surface area (Å²) in [7, 11) is 0. The minimum Gasteiger partial charge on any atom is -0.341 e. The molecule has 1 unspecified atom stereocenters. The van der Waals surface area contributed by atoms with Crippen molar-refractivity contribution in [1.82, 2.24) is 5.32 Å². The number of hydrogen-bond acceptors (Lipinski definition) is 4. The second-order valence-electron chi connectivity index (χ2n) is 6.22. The number of hydrogen-bond donors (Lipinski definition) is 1. The number of fused-ring (bicyclic) bond motifs is 1. The molecule has 26 heavy (non-hydrogen) atoms. The SMILES string of the molecule is CC(NC(=O)c1cccc([N+](=O)[O-])c1)C(=O)N1CCCc2ccccc21. The molecule has 0 saturated heterocycles. The number of para-hydroxylation sites is 1. The number of anilines is 1. The van der Waals surface area contributed by atoms with Gasteiger partial charge in [0, 0.05) is 29.9 Å². The number of nitro groups is 1. The number of nitro benzene ring substituents is 1. The molecular formula is C19H19N3O4. The molecule has 2 aromatic carbocycles. The molecule has 1 aliphatic heterocycles. The second kappa shape index (κ2) is 7.35. The number of nitrogens with zero attached hydrogens (tertiary/aromatic N) is 2. The van der Waals surface area contributed by atoms with E-state index in [4.69, 9.17) is 0 Å². The maximum Gasteiger partial charge on any atom is 0.270 e. The molecule has 0 aromatic heterocycles. The van der Waals surface area contributed by atoms with Crippen LogP contribution in [-0.2, 0) is 11.2 Å². The van der Waals surface area contributed by atoms with E-state index in [1.54, 1.807) is 11.8 Å². The van der Waals surface area contributed by atoms with Crippen LogP contribution in [0, 0.1) is 10.1 Å². The summed E-state index contributed by atoms with van der Waals surface area (Å²) < 4.78 is 0. The lowest BCUT2D eigenvalue weighted by atomic mass is 10.0. The van der Waals surface area contributed by atoms with Crippen LogP contribution in [0.2, 0.25) is 0 Å². The first-order chi connectivity index (χ1) is 12.5. The Hall–Kier alpha value is -3.22. The molecule has 1 heterocycles. The van der Waals surface area contributed by atoms with E-state index in [-0.39, 0.29) is 17.2 Å². The Balaban J connectivity index is 1.73. The van der Waals surface area contributed by atoms with Crippen LogP contribution in [0.5, 0.6) is 0 Å². The van der Waals surface area contributed by atoms with Gasteiger partial charge in [0.15, 0.2) is 0 Å². The minimum absolute atomic E-state index is 0.151. The van der Waals surface area contributed by atoms with Crippen molar-refractivity contribution in [2.24, 2.45) is 0 Å². The summed E-state index contributed by atoms with van der Waals surface area (Å²) in [5, 5.41) is 13.5. The lowest BCUT2D eigenvalue weighted by molar-refractivity contribution is -0.384. The van der Waals surface area contributed by atoms with Gasteiger partial charge in [-0.1, -0.05) is 24.3 Å². The molecule has 2 amide bonds. The Bertz CT molecular complexity index is 865. The highest BCUT2D eigenvalue weighted by Gasteiger charge is 2.27. The first kappa shape index (κ1) is 17.6. The van der Waals surface area contributed by atoms with Gasteiger partial charge in [-0.2, -0.15) is 0 Å². The van der Waals surface area contributed by atoms with Gasteiger partial charge >= 0.3 is 0 Å². The Morgan fingerprint density at radius 2 is 1.96 bits per heavy atom. The highest BCUT2D eigenvalue weighted by atomic mass is 16.6. The van der Waals surface area contributed by atoms with Crippen LogP contribution in [0.15, 0.2) is 48.5 Å². The molecule has 0 spiro atoms. The molecule has 1 aliphatic rings. The Morgan fingerprint density at radius 3 is 2.73 bits per heavy atom. The predicted octanol–water partition coefficient (Wildman–Crippen LogP) is 2.69. The highest BCUT2D eigenvalue weighted by molar-refractivity contribution is 6.02. The molecule has 134 valence electrons. The fourth-order valence-electron chi connectivity index (χ4n) is 3.10. The van der Waals surface area contributed by atoms with Gasteiger partial charge in [-0.15, -0.1) is 0 Å². The van der Waals surface area contributed by atoms with E-state index >= 15 is 0 Å². The van der Waals surface area contributed by atoms with Gasteiger partial charge in [-0.25, -0.2) is 0 Å². The number of benzene rings is 2. The minimum atomic E-state index is -0.743. The van der Waals surface area contributed by atoms with Crippen LogP contribution in [0.25, 0.3) is 0 Å². The number of aryl methyl sites for hydroxylation is 1. The van der Waals surface area contributed by atoms with Gasteiger partial charge in [0.05, 0.1) is 4.92 Å². The quantitative estimate of drug-likeness (QED) is 0.675. The fraction of sp³-hybridized carbons (Fsp3) is 0.263. The smallest absolute Gasteiger partial charge is 0.270 e. The Labute approximate surface area is 150 Å².